The van der Waals surface area contributed by atoms with Crippen molar-refractivity contribution in [1.82, 2.24) is 0 Å². The lowest BCUT2D eigenvalue weighted by Gasteiger charge is -2.32. The van der Waals surface area contributed by atoms with E-state index in [0.29, 0.717) is 6.47 Å². The highest BCUT2D eigenvalue weighted by atomic mass is 16.5. The molecule has 0 aliphatic carbocycles. The molecule has 2 nitrogen and oxygen atoms in total. The average Bonchev–Trinajstić information content (AvgIpc) is 2.04. The van der Waals surface area contributed by atoms with Gasteiger partial charge >= 0.3 is 0 Å². The molecule has 0 rings (SSSR count). The number of hydrogen-bond acceptors (Lipinski definition) is 2. The molecule has 0 N–H and O–H groups in total. The molecular formula is C11H22O2. The van der Waals surface area contributed by atoms with Crippen molar-refractivity contribution in [2.45, 2.75) is 59.5 Å². The number of hydrogen-bond donors (Lipinski definition) is 0. The second-order valence-corrected chi connectivity index (χ2v) is 4.25. The van der Waals surface area contributed by atoms with E-state index in [1.807, 2.05) is 0 Å². The van der Waals surface area contributed by atoms with E-state index in [1.165, 1.54) is 0 Å². The summed E-state index contributed by atoms with van der Waals surface area (Å²) in [6.45, 7) is 9.19. The van der Waals surface area contributed by atoms with Crippen LogP contribution >= 0.6 is 0 Å². The summed E-state index contributed by atoms with van der Waals surface area (Å²) in [4.78, 5) is 10.3. The molecule has 2 heteroatoms. The molecule has 0 spiro atoms. The predicted octanol–water partition coefficient (Wildman–Crippen LogP) is 3.15. The fourth-order valence-corrected chi connectivity index (χ4v) is 1.78. The summed E-state index contributed by atoms with van der Waals surface area (Å²) >= 11 is 0. The molecule has 0 heterocycles. The molecule has 0 aromatic rings. The molecule has 0 aliphatic rings. The van der Waals surface area contributed by atoms with Crippen LogP contribution < -0.4 is 0 Å². The number of carbonyl (C=O) groups is 1. The number of ether oxygens (including phenoxy) is 1. The Morgan fingerprint density at radius 3 is 2.31 bits per heavy atom. The maximum atomic E-state index is 10.3. The molecule has 0 aromatic carbocycles. The Bertz CT molecular complexity index is 141. The van der Waals surface area contributed by atoms with Gasteiger partial charge in [-0.15, -0.1) is 0 Å². The van der Waals surface area contributed by atoms with Crippen molar-refractivity contribution in [1.29, 1.82) is 0 Å². The van der Waals surface area contributed by atoms with E-state index in [2.05, 4.69) is 27.7 Å². The fourth-order valence-electron chi connectivity index (χ4n) is 1.78. The normalized spacial score (nSPS) is 13.8. The van der Waals surface area contributed by atoms with E-state index in [0.717, 1.165) is 25.7 Å². The molecule has 0 fully saturated rings. The van der Waals surface area contributed by atoms with Crippen molar-refractivity contribution in [3.63, 3.8) is 0 Å². The first-order valence-electron chi connectivity index (χ1n) is 5.17. The monoisotopic (exact) mass is 186 g/mol. The fraction of sp³-hybridized carbons (Fsp3) is 0.909. The molecule has 78 valence electrons. The summed E-state index contributed by atoms with van der Waals surface area (Å²) < 4.78 is 5.12. The van der Waals surface area contributed by atoms with Crippen LogP contribution in [-0.2, 0) is 9.53 Å². The van der Waals surface area contributed by atoms with Crippen molar-refractivity contribution in [3.8, 4) is 0 Å². The topological polar surface area (TPSA) is 26.3 Å². The van der Waals surface area contributed by atoms with Crippen LogP contribution in [0.4, 0.5) is 0 Å². The second kappa shape index (κ2) is 6.01. The lowest BCUT2D eigenvalue weighted by atomic mass is 9.80. The first kappa shape index (κ1) is 12.5. The minimum absolute atomic E-state index is 0.0787. The van der Waals surface area contributed by atoms with Crippen LogP contribution in [0.3, 0.4) is 0 Å². The standard InChI is InChI=1S/C11H22O2/c1-5-7-10(13-9-12)11(3,4)8-6-2/h9-10H,5-8H2,1-4H3. The Hall–Kier alpha value is -0.530. The third kappa shape index (κ3) is 4.30. The molecule has 0 radical (unpaired) electrons. The summed E-state index contributed by atoms with van der Waals surface area (Å²) in [6, 6.07) is 0. The van der Waals surface area contributed by atoms with E-state index in [4.69, 9.17) is 4.74 Å². The van der Waals surface area contributed by atoms with Crippen molar-refractivity contribution < 1.29 is 9.53 Å². The van der Waals surface area contributed by atoms with Crippen LogP contribution in [0.25, 0.3) is 0 Å². The minimum atomic E-state index is 0.0787. The average molecular weight is 186 g/mol. The highest BCUT2D eigenvalue weighted by Gasteiger charge is 2.29. The summed E-state index contributed by atoms with van der Waals surface area (Å²) in [5.74, 6) is 0. The van der Waals surface area contributed by atoms with Gasteiger partial charge in [0.25, 0.3) is 6.47 Å². The number of carbonyl (C=O) groups excluding carboxylic acids is 1. The molecule has 0 aliphatic heterocycles. The van der Waals surface area contributed by atoms with E-state index in [1.54, 1.807) is 0 Å². The molecule has 1 atom stereocenters. The van der Waals surface area contributed by atoms with Gasteiger partial charge in [0.1, 0.15) is 6.10 Å². The van der Waals surface area contributed by atoms with Gasteiger partial charge in [-0.05, 0) is 12.8 Å². The van der Waals surface area contributed by atoms with Crippen molar-refractivity contribution >= 4 is 6.47 Å². The van der Waals surface area contributed by atoms with Crippen LogP contribution in [0.2, 0.25) is 0 Å². The highest BCUT2D eigenvalue weighted by Crippen LogP contribution is 2.31. The lowest BCUT2D eigenvalue weighted by Crippen LogP contribution is -2.31. The van der Waals surface area contributed by atoms with Crippen LogP contribution in [-0.4, -0.2) is 12.6 Å². The molecule has 0 bridgehead atoms. The zero-order chi connectivity index (χ0) is 10.3. The third-order valence-corrected chi connectivity index (χ3v) is 2.54. The zero-order valence-electron chi connectivity index (χ0n) is 9.30. The van der Waals surface area contributed by atoms with Crippen LogP contribution in [0.1, 0.15) is 53.4 Å². The smallest absolute Gasteiger partial charge is 0.293 e. The Kier molecular flexibility index (Phi) is 5.76. The first-order chi connectivity index (χ1) is 6.08. The molecule has 0 aromatic heterocycles. The van der Waals surface area contributed by atoms with Crippen molar-refractivity contribution in [2.24, 2.45) is 5.41 Å². The quantitative estimate of drug-likeness (QED) is 0.571. The van der Waals surface area contributed by atoms with Crippen molar-refractivity contribution in [3.05, 3.63) is 0 Å². The largest absolute Gasteiger partial charge is 0.464 e. The first-order valence-corrected chi connectivity index (χ1v) is 5.17. The van der Waals surface area contributed by atoms with E-state index >= 15 is 0 Å². The van der Waals surface area contributed by atoms with Crippen LogP contribution in [0, 0.1) is 5.41 Å². The second-order valence-electron chi connectivity index (χ2n) is 4.25. The van der Waals surface area contributed by atoms with Gasteiger partial charge in [0.2, 0.25) is 0 Å². The maximum absolute atomic E-state index is 10.3. The molecule has 0 saturated carbocycles. The lowest BCUT2D eigenvalue weighted by molar-refractivity contribution is -0.140. The van der Waals surface area contributed by atoms with Gasteiger partial charge in [-0.25, -0.2) is 0 Å². The van der Waals surface area contributed by atoms with E-state index in [9.17, 15) is 4.79 Å². The summed E-state index contributed by atoms with van der Waals surface area (Å²) in [5.41, 5.74) is 0.117. The third-order valence-electron chi connectivity index (χ3n) is 2.54. The van der Waals surface area contributed by atoms with Crippen molar-refractivity contribution in [2.75, 3.05) is 0 Å². The van der Waals surface area contributed by atoms with Gasteiger partial charge in [0, 0.05) is 5.41 Å². The SMILES string of the molecule is CCCC(OC=O)C(C)(C)CCC. The molecular weight excluding hydrogens is 164 g/mol. The van der Waals surface area contributed by atoms with Gasteiger partial charge in [-0.1, -0.05) is 40.5 Å². The maximum Gasteiger partial charge on any atom is 0.293 e. The Morgan fingerprint density at radius 1 is 1.31 bits per heavy atom. The van der Waals surface area contributed by atoms with Gasteiger partial charge < -0.3 is 4.74 Å². The summed E-state index contributed by atoms with van der Waals surface area (Å²) in [7, 11) is 0. The minimum Gasteiger partial charge on any atom is -0.464 e. The van der Waals surface area contributed by atoms with Gasteiger partial charge in [0.05, 0.1) is 0 Å². The summed E-state index contributed by atoms with van der Waals surface area (Å²) in [5, 5.41) is 0. The Morgan fingerprint density at radius 2 is 1.92 bits per heavy atom. The Labute approximate surface area is 81.7 Å². The Balaban J connectivity index is 4.21. The highest BCUT2D eigenvalue weighted by molar-refractivity contribution is 5.37. The predicted molar refractivity (Wildman–Crippen MR) is 54.5 cm³/mol. The molecule has 0 amide bonds. The van der Waals surface area contributed by atoms with Gasteiger partial charge in [-0.3, -0.25) is 4.79 Å². The molecule has 13 heavy (non-hydrogen) atoms. The zero-order valence-corrected chi connectivity index (χ0v) is 9.30. The molecule has 1 unspecified atom stereocenters. The number of rotatable bonds is 7. The van der Waals surface area contributed by atoms with Gasteiger partial charge in [0.15, 0.2) is 0 Å². The molecule has 0 saturated heterocycles. The van der Waals surface area contributed by atoms with E-state index in [-0.39, 0.29) is 11.5 Å². The van der Waals surface area contributed by atoms with Gasteiger partial charge in [-0.2, -0.15) is 0 Å². The van der Waals surface area contributed by atoms with Crippen LogP contribution in [0.15, 0.2) is 0 Å². The van der Waals surface area contributed by atoms with E-state index < -0.39 is 0 Å². The summed E-state index contributed by atoms with van der Waals surface area (Å²) in [6.07, 6.45) is 4.34. The van der Waals surface area contributed by atoms with Crippen LogP contribution in [0.5, 0.6) is 0 Å².